The van der Waals surface area contributed by atoms with E-state index in [-0.39, 0.29) is 23.8 Å². The van der Waals surface area contributed by atoms with Gasteiger partial charge in [-0.15, -0.1) is 0 Å². The van der Waals surface area contributed by atoms with Crippen molar-refractivity contribution in [3.8, 4) is 0 Å². The molecule has 1 heterocycles. The highest BCUT2D eigenvalue weighted by atomic mass is 35.5. The number of H-pyrrole nitrogens is 1. The normalized spacial score (nSPS) is 11.2. The van der Waals surface area contributed by atoms with E-state index >= 15 is 0 Å². The number of amides is 1. The molecular weight excluding hydrogens is 416 g/mol. The second kappa shape index (κ2) is 11.2. The van der Waals surface area contributed by atoms with E-state index in [9.17, 15) is 14.4 Å². The van der Waals surface area contributed by atoms with Gasteiger partial charge in [-0.1, -0.05) is 50.9 Å². The Balaban J connectivity index is 2.36. The van der Waals surface area contributed by atoms with E-state index in [1.165, 1.54) is 9.47 Å². The molecule has 2 aromatic rings. The van der Waals surface area contributed by atoms with Crippen molar-refractivity contribution in [2.45, 2.75) is 66.3 Å². The fourth-order valence-electron chi connectivity index (χ4n) is 3.30. The first kappa shape index (κ1) is 24.7. The first-order valence-electron chi connectivity index (χ1n) is 10.8. The maximum Gasteiger partial charge on any atom is 0.330 e. The Bertz CT molecular complexity index is 1030. The van der Waals surface area contributed by atoms with Crippen molar-refractivity contribution in [2.24, 2.45) is 5.92 Å². The van der Waals surface area contributed by atoms with Gasteiger partial charge in [-0.2, -0.15) is 0 Å². The van der Waals surface area contributed by atoms with Crippen molar-refractivity contribution in [3.63, 3.8) is 0 Å². The van der Waals surface area contributed by atoms with E-state index in [0.717, 1.165) is 24.0 Å². The van der Waals surface area contributed by atoms with Gasteiger partial charge >= 0.3 is 5.69 Å². The smallest absolute Gasteiger partial charge is 0.330 e. The summed E-state index contributed by atoms with van der Waals surface area (Å²) in [5.74, 6) is 0.158. The molecule has 0 spiro atoms. The molecule has 0 radical (unpaired) electrons. The number of nitrogens with one attached hydrogen (secondary N) is 1. The zero-order valence-corrected chi connectivity index (χ0v) is 19.6. The molecule has 0 aliphatic rings. The summed E-state index contributed by atoms with van der Waals surface area (Å²) < 4.78 is 1.34. The lowest BCUT2D eigenvalue weighted by Crippen LogP contribution is -2.42. The van der Waals surface area contributed by atoms with Gasteiger partial charge in [0.1, 0.15) is 5.82 Å². The van der Waals surface area contributed by atoms with Crippen LogP contribution in [0.1, 0.15) is 57.6 Å². The molecule has 0 saturated carbocycles. The van der Waals surface area contributed by atoms with E-state index < -0.39 is 11.2 Å². The number of anilines is 2. The van der Waals surface area contributed by atoms with Crippen LogP contribution in [0.15, 0.2) is 27.8 Å². The summed E-state index contributed by atoms with van der Waals surface area (Å²) in [5.41, 5.74) is 7.04. The number of hydrogen-bond donors (Lipinski definition) is 2. The minimum Gasteiger partial charge on any atom is -0.383 e. The molecule has 0 bridgehead atoms. The quantitative estimate of drug-likeness (QED) is 0.575. The van der Waals surface area contributed by atoms with E-state index in [4.69, 9.17) is 17.3 Å². The Morgan fingerprint density at radius 1 is 1.29 bits per heavy atom. The molecule has 1 aromatic heterocycles. The SMILES string of the molecule is CCCCn1c(N)c(N(CCC(C)C)C(=O)CCc2ccc(C)c(Cl)c2)c(=O)[nH]c1=O. The molecule has 1 aromatic carbocycles. The number of benzene rings is 1. The molecule has 0 unspecified atom stereocenters. The van der Waals surface area contributed by atoms with E-state index in [0.29, 0.717) is 36.9 Å². The topological polar surface area (TPSA) is 101 Å². The number of carbonyl (C=O) groups is 1. The number of nitrogens with zero attached hydrogens (tertiary/aromatic N) is 2. The largest absolute Gasteiger partial charge is 0.383 e. The number of rotatable bonds is 10. The fourth-order valence-corrected chi connectivity index (χ4v) is 3.51. The zero-order chi connectivity index (χ0) is 23.1. The Hall–Kier alpha value is -2.54. The molecule has 0 fully saturated rings. The third-order valence-corrected chi connectivity index (χ3v) is 5.72. The highest BCUT2D eigenvalue weighted by Gasteiger charge is 2.24. The molecular formula is C23H33ClN4O3. The summed E-state index contributed by atoms with van der Waals surface area (Å²) in [6.07, 6.45) is 3.00. The van der Waals surface area contributed by atoms with Crippen molar-refractivity contribution in [3.05, 3.63) is 55.2 Å². The predicted octanol–water partition coefficient (Wildman–Crippen LogP) is 3.89. The number of halogens is 1. The van der Waals surface area contributed by atoms with Crippen molar-refractivity contribution >= 4 is 29.0 Å². The predicted molar refractivity (Wildman–Crippen MR) is 127 cm³/mol. The molecule has 2 rings (SSSR count). The standard InChI is InChI=1S/C23H33ClN4O3/c1-5-6-12-28-21(25)20(22(30)26-23(28)31)27(13-11-15(2)3)19(29)10-9-17-8-7-16(4)18(24)14-17/h7-8,14-15H,5-6,9-13,25H2,1-4H3,(H,26,30,31). The lowest BCUT2D eigenvalue weighted by molar-refractivity contribution is -0.118. The third-order valence-electron chi connectivity index (χ3n) is 5.31. The van der Waals surface area contributed by atoms with Gasteiger partial charge in [0.15, 0.2) is 5.69 Å². The Kier molecular flexibility index (Phi) is 8.92. The molecule has 1 amide bonds. The molecule has 0 aliphatic carbocycles. The molecule has 3 N–H and O–H groups in total. The maximum absolute atomic E-state index is 13.2. The van der Waals surface area contributed by atoms with Crippen LogP contribution in [-0.2, 0) is 17.8 Å². The minimum absolute atomic E-state index is 0.0395. The van der Waals surface area contributed by atoms with Gasteiger partial charge in [0.25, 0.3) is 5.56 Å². The number of aryl methyl sites for hydroxylation is 2. The van der Waals surface area contributed by atoms with Crippen LogP contribution in [0.2, 0.25) is 5.02 Å². The number of unbranched alkanes of at least 4 members (excludes halogenated alkanes) is 1. The van der Waals surface area contributed by atoms with Crippen molar-refractivity contribution in [1.82, 2.24) is 9.55 Å². The highest BCUT2D eigenvalue weighted by molar-refractivity contribution is 6.31. The van der Waals surface area contributed by atoms with Crippen molar-refractivity contribution < 1.29 is 4.79 Å². The Morgan fingerprint density at radius 3 is 2.61 bits per heavy atom. The summed E-state index contributed by atoms with van der Waals surface area (Å²) in [4.78, 5) is 41.9. The van der Waals surface area contributed by atoms with Gasteiger partial charge in [-0.05, 0) is 49.3 Å². The number of nitrogens with two attached hydrogens (primary N) is 1. The first-order valence-corrected chi connectivity index (χ1v) is 11.2. The van der Waals surface area contributed by atoms with E-state index in [1.807, 2.05) is 45.9 Å². The third kappa shape index (κ3) is 6.47. The van der Waals surface area contributed by atoms with Gasteiger partial charge < -0.3 is 10.6 Å². The number of aromatic nitrogens is 2. The van der Waals surface area contributed by atoms with Crippen LogP contribution in [0.4, 0.5) is 11.5 Å². The van der Waals surface area contributed by atoms with Crippen LogP contribution in [-0.4, -0.2) is 22.0 Å². The van der Waals surface area contributed by atoms with E-state index in [1.54, 1.807) is 0 Å². The average molecular weight is 449 g/mol. The van der Waals surface area contributed by atoms with Gasteiger partial charge in [-0.25, -0.2) is 4.79 Å². The summed E-state index contributed by atoms with van der Waals surface area (Å²) in [6.45, 7) is 8.76. The van der Waals surface area contributed by atoms with E-state index in [2.05, 4.69) is 4.98 Å². The van der Waals surface area contributed by atoms with Gasteiger partial charge in [0.2, 0.25) is 5.91 Å². The van der Waals surface area contributed by atoms with Crippen LogP contribution in [0.25, 0.3) is 0 Å². The van der Waals surface area contributed by atoms with Crippen molar-refractivity contribution in [1.29, 1.82) is 0 Å². The number of aromatic amines is 1. The summed E-state index contributed by atoms with van der Waals surface area (Å²) in [7, 11) is 0. The number of nitrogen functional groups attached to an aromatic ring is 1. The lowest BCUT2D eigenvalue weighted by atomic mass is 10.1. The summed E-state index contributed by atoms with van der Waals surface area (Å²) in [6, 6.07) is 5.72. The van der Waals surface area contributed by atoms with Crippen LogP contribution in [0.5, 0.6) is 0 Å². The first-order chi connectivity index (χ1) is 14.6. The second-order valence-corrected chi connectivity index (χ2v) is 8.72. The molecule has 8 heteroatoms. The molecule has 31 heavy (non-hydrogen) atoms. The molecule has 7 nitrogen and oxygen atoms in total. The maximum atomic E-state index is 13.2. The Morgan fingerprint density at radius 2 is 2.00 bits per heavy atom. The highest BCUT2D eigenvalue weighted by Crippen LogP contribution is 2.22. The van der Waals surface area contributed by atoms with Crippen LogP contribution in [0, 0.1) is 12.8 Å². The van der Waals surface area contributed by atoms with Crippen LogP contribution in [0.3, 0.4) is 0 Å². The summed E-state index contributed by atoms with van der Waals surface area (Å²) >= 11 is 6.20. The van der Waals surface area contributed by atoms with Crippen LogP contribution < -0.4 is 21.9 Å². The molecule has 0 atom stereocenters. The van der Waals surface area contributed by atoms with Gasteiger partial charge in [-0.3, -0.25) is 19.1 Å². The van der Waals surface area contributed by atoms with Crippen LogP contribution >= 0.6 is 11.6 Å². The Labute approximate surface area is 188 Å². The number of hydrogen-bond acceptors (Lipinski definition) is 4. The monoisotopic (exact) mass is 448 g/mol. The summed E-state index contributed by atoms with van der Waals surface area (Å²) in [5, 5.41) is 0.658. The minimum atomic E-state index is -0.634. The molecule has 170 valence electrons. The lowest BCUT2D eigenvalue weighted by Gasteiger charge is -2.25. The molecule has 0 saturated heterocycles. The second-order valence-electron chi connectivity index (χ2n) is 8.31. The number of carbonyl (C=O) groups excluding carboxylic acids is 1. The van der Waals surface area contributed by atoms with Gasteiger partial charge in [0.05, 0.1) is 0 Å². The van der Waals surface area contributed by atoms with Gasteiger partial charge in [0, 0.05) is 24.5 Å². The zero-order valence-electron chi connectivity index (χ0n) is 18.8. The van der Waals surface area contributed by atoms with Crippen molar-refractivity contribution in [2.75, 3.05) is 17.2 Å². The molecule has 0 aliphatic heterocycles. The average Bonchev–Trinajstić information content (AvgIpc) is 2.70. The fraction of sp³-hybridized carbons (Fsp3) is 0.522.